The van der Waals surface area contributed by atoms with Gasteiger partial charge < -0.3 is 0 Å². The molecule has 3 aromatic heterocycles. The fourth-order valence-corrected chi connectivity index (χ4v) is 5.55. The molecule has 0 amide bonds. The summed E-state index contributed by atoms with van der Waals surface area (Å²) >= 11 is 0. The zero-order chi connectivity index (χ0) is 20.1. The van der Waals surface area contributed by atoms with Gasteiger partial charge in [-0.25, -0.2) is 13.2 Å². The third-order valence-corrected chi connectivity index (χ3v) is 7.07. The standard InChI is InChI=1S/C18H24N6O3S/c1-13-16(14(2)24(19-13)15-7-9-28(26,27)11-15)10-21(3)12-23-18(25)22-8-5-4-6-17(22)20-23/h4-6,8,15H,7,9-12H2,1-3H3/t15-/m1/s1. The molecule has 0 saturated carbocycles. The molecule has 10 heteroatoms. The van der Waals surface area contributed by atoms with E-state index in [0.29, 0.717) is 25.3 Å². The summed E-state index contributed by atoms with van der Waals surface area (Å²) in [6.07, 6.45) is 2.31. The first-order valence-corrected chi connectivity index (χ1v) is 11.0. The van der Waals surface area contributed by atoms with Gasteiger partial charge in [0.2, 0.25) is 0 Å². The number of rotatable bonds is 5. The molecule has 1 saturated heterocycles. The van der Waals surface area contributed by atoms with Crippen LogP contribution in [0.15, 0.2) is 29.2 Å². The van der Waals surface area contributed by atoms with Crippen LogP contribution in [0.4, 0.5) is 0 Å². The zero-order valence-corrected chi connectivity index (χ0v) is 17.1. The third-order valence-electron chi connectivity index (χ3n) is 5.32. The fraction of sp³-hybridized carbons (Fsp3) is 0.500. The van der Waals surface area contributed by atoms with E-state index in [9.17, 15) is 13.2 Å². The molecule has 28 heavy (non-hydrogen) atoms. The van der Waals surface area contributed by atoms with Gasteiger partial charge in [-0.3, -0.25) is 14.0 Å². The summed E-state index contributed by atoms with van der Waals surface area (Å²) in [5, 5.41) is 8.97. The van der Waals surface area contributed by atoms with Gasteiger partial charge in [0.1, 0.15) is 0 Å². The predicted octanol–water partition coefficient (Wildman–Crippen LogP) is 0.758. The van der Waals surface area contributed by atoms with Gasteiger partial charge in [-0.2, -0.15) is 9.78 Å². The zero-order valence-electron chi connectivity index (χ0n) is 16.2. The SMILES string of the molecule is Cc1nn([C@@H]2CCS(=O)(=O)C2)c(C)c1CN(C)Cn1nc2ccccn2c1=O. The van der Waals surface area contributed by atoms with E-state index in [4.69, 9.17) is 0 Å². The Morgan fingerprint density at radius 2 is 2.04 bits per heavy atom. The summed E-state index contributed by atoms with van der Waals surface area (Å²) in [4.78, 5) is 14.5. The van der Waals surface area contributed by atoms with Crippen LogP contribution in [0.1, 0.15) is 29.4 Å². The Balaban J connectivity index is 1.54. The maximum Gasteiger partial charge on any atom is 0.351 e. The molecule has 1 aliphatic rings. The molecule has 0 aromatic carbocycles. The second-order valence-electron chi connectivity index (χ2n) is 7.52. The quantitative estimate of drug-likeness (QED) is 0.623. The molecule has 9 nitrogen and oxygen atoms in total. The van der Waals surface area contributed by atoms with E-state index in [2.05, 4.69) is 10.2 Å². The van der Waals surface area contributed by atoms with Crippen molar-refractivity contribution < 1.29 is 8.42 Å². The van der Waals surface area contributed by atoms with Gasteiger partial charge in [0.05, 0.1) is 29.9 Å². The van der Waals surface area contributed by atoms with Crippen molar-refractivity contribution in [2.45, 2.75) is 39.5 Å². The summed E-state index contributed by atoms with van der Waals surface area (Å²) in [5.41, 5.74) is 3.36. The Kier molecular flexibility index (Phi) is 4.62. The van der Waals surface area contributed by atoms with Crippen LogP contribution in [-0.2, 0) is 23.1 Å². The van der Waals surface area contributed by atoms with Gasteiger partial charge >= 0.3 is 5.69 Å². The molecule has 1 atom stereocenters. The number of hydrogen-bond donors (Lipinski definition) is 0. The first-order chi connectivity index (χ1) is 13.2. The van der Waals surface area contributed by atoms with E-state index in [1.807, 2.05) is 36.5 Å². The summed E-state index contributed by atoms with van der Waals surface area (Å²) < 4.78 is 28.4. The Labute approximate surface area is 163 Å². The monoisotopic (exact) mass is 404 g/mol. The average molecular weight is 404 g/mol. The minimum atomic E-state index is -2.97. The molecular formula is C18H24N6O3S. The molecule has 0 spiro atoms. The predicted molar refractivity (Wildman–Crippen MR) is 105 cm³/mol. The first-order valence-electron chi connectivity index (χ1n) is 9.23. The molecule has 0 aliphatic carbocycles. The Morgan fingerprint density at radius 1 is 1.25 bits per heavy atom. The summed E-state index contributed by atoms with van der Waals surface area (Å²) in [6, 6.07) is 5.35. The van der Waals surface area contributed by atoms with E-state index < -0.39 is 9.84 Å². The number of sulfone groups is 1. The number of pyridine rings is 1. The lowest BCUT2D eigenvalue weighted by Gasteiger charge is -2.17. The van der Waals surface area contributed by atoms with Gasteiger partial charge in [-0.1, -0.05) is 6.07 Å². The topological polar surface area (TPSA) is 94.5 Å². The summed E-state index contributed by atoms with van der Waals surface area (Å²) in [5.74, 6) is 0.378. The molecule has 0 bridgehead atoms. The second-order valence-corrected chi connectivity index (χ2v) is 9.75. The fourth-order valence-electron chi connectivity index (χ4n) is 3.86. The minimum absolute atomic E-state index is 0.0937. The van der Waals surface area contributed by atoms with Crippen molar-refractivity contribution in [2.75, 3.05) is 18.6 Å². The van der Waals surface area contributed by atoms with Crippen LogP contribution in [0.2, 0.25) is 0 Å². The Bertz CT molecular complexity index is 1190. The maximum absolute atomic E-state index is 12.5. The highest BCUT2D eigenvalue weighted by Crippen LogP contribution is 2.27. The van der Waals surface area contributed by atoms with Crippen molar-refractivity contribution in [3.8, 4) is 0 Å². The molecule has 0 unspecified atom stereocenters. The smallest absolute Gasteiger partial charge is 0.283 e. The average Bonchev–Trinajstić information content (AvgIpc) is 3.25. The maximum atomic E-state index is 12.5. The van der Waals surface area contributed by atoms with Gasteiger partial charge in [0.25, 0.3) is 0 Å². The van der Waals surface area contributed by atoms with Gasteiger partial charge in [-0.15, -0.1) is 5.10 Å². The normalized spacial score (nSPS) is 19.1. The highest BCUT2D eigenvalue weighted by atomic mass is 32.2. The van der Waals surface area contributed by atoms with E-state index in [1.165, 1.54) is 9.08 Å². The lowest BCUT2D eigenvalue weighted by atomic mass is 10.2. The van der Waals surface area contributed by atoms with Crippen molar-refractivity contribution in [3.63, 3.8) is 0 Å². The van der Waals surface area contributed by atoms with Crippen molar-refractivity contribution in [1.29, 1.82) is 0 Å². The van der Waals surface area contributed by atoms with Crippen LogP contribution in [0.3, 0.4) is 0 Å². The largest absolute Gasteiger partial charge is 0.351 e. The highest BCUT2D eigenvalue weighted by molar-refractivity contribution is 7.91. The molecule has 1 fully saturated rings. The lowest BCUT2D eigenvalue weighted by molar-refractivity contribution is 0.241. The molecule has 3 aromatic rings. The van der Waals surface area contributed by atoms with E-state index in [-0.39, 0.29) is 23.2 Å². The number of aryl methyl sites for hydroxylation is 1. The van der Waals surface area contributed by atoms with Crippen molar-refractivity contribution in [2.24, 2.45) is 0 Å². The van der Waals surface area contributed by atoms with Crippen LogP contribution in [-0.4, -0.2) is 55.8 Å². The van der Waals surface area contributed by atoms with Crippen molar-refractivity contribution >= 4 is 15.5 Å². The molecule has 4 heterocycles. The molecule has 1 aliphatic heterocycles. The molecule has 0 N–H and O–H groups in total. The second kappa shape index (κ2) is 6.85. The van der Waals surface area contributed by atoms with Gasteiger partial charge in [-0.05, 0) is 39.4 Å². The van der Waals surface area contributed by atoms with Crippen molar-refractivity contribution in [1.82, 2.24) is 28.9 Å². The number of hydrogen-bond acceptors (Lipinski definition) is 6. The number of nitrogens with zero attached hydrogens (tertiary/aromatic N) is 6. The highest BCUT2D eigenvalue weighted by Gasteiger charge is 2.31. The van der Waals surface area contributed by atoms with Crippen LogP contribution >= 0.6 is 0 Å². The van der Waals surface area contributed by atoms with Gasteiger partial charge in [0.15, 0.2) is 15.5 Å². The van der Waals surface area contributed by atoms with Gasteiger partial charge in [0, 0.05) is 24.0 Å². The summed E-state index contributed by atoms with van der Waals surface area (Å²) in [6.45, 7) is 4.86. The minimum Gasteiger partial charge on any atom is -0.283 e. The molecule has 4 rings (SSSR count). The van der Waals surface area contributed by atoms with Crippen molar-refractivity contribution in [3.05, 3.63) is 51.8 Å². The van der Waals surface area contributed by atoms with E-state index in [1.54, 1.807) is 18.3 Å². The van der Waals surface area contributed by atoms with E-state index in [0.717, 1.165) is 17.0 Å². The number of aromatic nitrogens is 5. The Hall–Kier alpha value is -2.46. The van der Waals surface area contributed by atoms with Crippen LogP contribution in [0.25, 0.3) is 5.65 Å². The Morgan fingerprint density at radius 3 is 2.71 bits per heavy atom. The molecule has 0 radical (unpaired) electrons. The van der Waals surface area contributed by atoms with E-state index >= 15 is 0 Å². The third kappa shape index (κ3) is 3.37. The summed E-state index contributed by atoms with van der Waals surface area (Å²) in [7, 11) is -1.04. The molecule has 150 valence electrons. The van der Waals surface area contributed by atoms with Crippen LogP contribution in [0.5, 0.6) is 0 Å². The van der Waals surface area contributed by atoms with Crippen LogP contribution in [0, 0.1) is 13.8 Å². The van der Waals surface area contributed by atoms with Crippen LogP contribution < -0.4 is 5.69 Å². The molecular weight excluding hydrogens is 380 g/mol. The number of fused-ring (bicyclic) bond motifs is 1. The lowest BCUT2D eigenvalue weighted by Crippen LogP contribution is -2.30. The first kappa shape index (κ1) is 18.9.